The fourth-order valence-electron chi connectivity index (χ4n) is 3.30. The predicted molar refractivity (Wildman–Crippen MR) is 144 cm³/mol. The number of methoxy groups -OCH3 is 2. The molecule has 1 rings (SSSR count). The van der Waals surface area contributed by atoms with Crippen molar-refractivity contribution in [2.75, 3.05) is 20.0 Å². The summed E-state index contributed by atoms with van der Waals surface area (Å²) >= 11 is 1.34. The highest BCUT2D eigenvalue weighted by molar-refractivity contribution is 7.99. The van der Waals surface area contributed by atoms with Gasteiger partial charge in [-0.15, -0.1) is 11.8 Å². The maximum absolute atomic E-state index is 12.7. The van der Waals surface area contributed by atoms with Gasteiger partial charge in [-0.05, 0) is 72.1 Å². The van der Waals surface area contributed by atoms with E-state index >= 15 is 0 Å². The third-order valence-electron chi connectivity index (χ3n) is 4.73. The van der Waals surface area contributed by atoms with Gasteiger partial charge in [-0.1, -0.05) is 18.6 Å². The van der Waals surface area contributed by atoms with Crippen LogP contribution in [0.1, 0.15) is 66.4 Å². The molecule has 0 aromatic heterocycles. The first kappa shape index (κ1) is 32.0. The number of thioether (sulfide) groups is 1. The molecule has 2 atom stereocenters. The topological polar surface area (TPSA) is 120 Å². The van der Waals surface area contributed by atoms with Crippen LogP contribution in [0.4, 0.5) is 4.79 Å². The largest absolute Gasteiger partial charge is 0.497 e. The van der Waals surface area contributed by atoms with Crippen molar-refractivity contribution in [1.82, 2.24) is 10.0 Å². The number of unbranched alkanes of at least 4 members (excludes halogenated alkanes) is 1. The maximum atomic E-state index is 12.7. The highest BCUT2D eigenvalue weighted by atomic mass is 32.2. The first-order valence-electron chi connectivity index (χ1n) is 11.9. The summed E-state index contributed by atoms with van der Waals surface area (Å²) in [5, 5.41) is 2.10. The lowest BCUT2D eigenvalue weighted by Crippen LogP contribution is -2.47. The average Bonchev–Trinajstić information content (AvgIpc) is 2.73. The number of carbonyl (C=O) groups excluding carboxylic acids is 2. The van der Waals surface area contributed by atoms with Gasteiger partial charge >= 0.3 is 12.1 Å². The van der Waals surface area contributed by atoms with E-state index in [-0.39, 0.29) is 5.75 Å². The van der Waals surface area contributed by atoms with Gasteiger partial charge in [0.05, 0.1) is 26.0 Å². The molecule has 0 bridgehead atoms. The molecule has 0 spiro atoms. The Kier molecular flexibility index (Phi) is 12.5. The van der Waals surface area contributed by atoms with Crippen LogP contribution in [0.2, 0.25) is 0 Å². The van der Waals surface area contributed by atoms with Crippen molar-refractivity contribution < 1.29 is 32.2 Å². The molecule has 0 aliphatic heterocycles. The fourth-order valence-corrected chi connectivity index (χ4v) is 6.16. The van der Waals surface area contributed by atoms with Crippen molar-refractivity contribution in [1.29, 1.82) is 0 Å². The standard InChI is InChI=1S/C25H42N2O7S2/c1-24(2,3)27-36(30,31)16-10-9-11-20(26-23(29)34-25(4,5)6)21(22(28)33-8)35-17-18-12-14-19(32-7)15-13-18/h12-15,20-21,27H,9-11,16-17H2,1-8H3,(H,26,29)/t20-,21-/m0/s1. The third kappa shape index (κ3) is 13.4. The van der Waals surface area contributed by atoms with Crippen molar-refractivity contribution in [2.24, 2.45) is 0 Å². The van der Waals surface area contributed by atoms with Crippen LogP contribution in [0.3, 0.4) is 0 Å². The van der Waals surface area contributed by atoms with Gasteiger partial charge in [-0.2, -0.15) is 0 Å². The highest BCUT2D eigenvalue weighted by Gasteiger charge is 2.32. The van der Waals surface area contributed by atoms with E-state index in [0.29, 0.717) is 25.0 Å². The Hall–Kier alpha value is -1.98. The summed E-state index contributed by atoms with van der Waals surface area (Å²) in [5.41, 5.74) is -0.295. The number of carbonyl (C=O) groups is 2. The lowest BCUT2D eigenvalue weighted by molar-refractivity contribution is -0.140. The van der Waals surface area contributed by atoms with Crippen molar-refractivity contribution >= 4 is 33.8 Å². The van der Waals surface area contributed by atoms with Crippen LogP contribution in [0.25, 0.3) is 0 Å². The van der Waals surface area contributed by atoms with Crippen molar-refractivity contribution in [3.8, 4) is 5.75 Å². The minimum absolute atomic E-state index is 0.0503. The monoisotopic (exact) mass is 546 g/mol. The van der Waals surface area contributed by atoms with Gasteiger partial charge in [0.2, 0.25) is 10.0 Å². The zero-order chi connectivity index (χ0) is 27.6. The molecule has 0 heterocycles. The van der Waals surface area contributed by atoms with Crippen molar-refractivity contribution in [3.05, 3.63) is 29.8 Å². The zero-order valence-electron chi connectivity index (χ0n) is 22.7. The summed E-state index contributed by atoms with van der Waals surface area (Å²) in [6, 6.07) is 6.87. The lowest BCUT2D eigenvalue weighted by Gasteiger charge is -2.28. The molecule has 11 heteroatoms. The summed E-state index contributed by atoms with van der Waals surface area (Å²) in [4.78, 5) is 25.3. The lowest BCUT2D eigenvalue weighted by atomic mass is 10.1. The van der Waals surface area contributed by atoms with Gasteiger partial charge in [0.1, 0.15) is 16.6 Å². The summed E-state index contributed by atoms with van der Waals surface area (Å²) < 4.78 is 42.9. The molecule has 0 fully saturated rings. The smallest absolute Gasteiger partial charge is 0.407 e. The zero-order valence-corrected chi connectivity index (χ0v) is 24.3. The summed E-state index contributed by atoms with van der Waals surface area (Å²) in [6.45, 7) is 10.6. The number of sulfonamides is 1. The molecular weight excluding hydrogens is 504 g/mol. The predicted octanol–water partition coefficient (Wildman–Crippen LogP) is 4.25. The van der Waals surface area contributed by atoms with Crippen molar-refractivity contribution in [3.63, 3.8) is 0 Å². The van der Waals surface area contributed by atoms with E-state index in [1.165, 1.54) is 18.9 Å². The number of nitrogens with one attached hydrogen (secondary N) is 2. The Morgan fingerprint density at radius 3 is 2.11 bits per heavy atom. The van der Waals surface area contributed by atoms with Crippen LogP contribution in [-0.4, -0.2) is 62.9 Å². The minimum atomic E-state index is -3.45. The van der Waals surface area contributed by atoms with Gasteiger partial charge in [-0.25, -0.2) is 17.9 Å². The molecular formula is C25H42N2O7S2. The molecule has 206 valence electrons. The fraction of sp³-hybridized carbons (Fsp3) is 0.680. The van der Waals surface area contributed by atoms with E-state index in [4.69, 9.17) is 14.2 Å². The quantitative estimate of drug-likeness (QED) is 0.278. The minimum Gasteiger partial charge on any atom is -0.497 e. The van der Waals surface area contributed by atoms with Gasteiger partial charge in [0.15, 0.2) is 0 Å². The molecule has 0 unspecified atom stereocenters. The average molecular weight is 547 g/mol. The third-order valence-corrected chi connectivity index (χ3v) is 7.86. The Morgan fingerprint density at radius 1 is 1.00 bits per heavy atom. The molecule has 0 aliphatic carbocycles. The highest BCUT2D eigenvalue weighted by Crippen LogP contribution is 2.26. The maximum Gasteiger partial charge on any atom is 0.407 e. The molecule has 1 amide bonds. The number of amides is 1. The molecule has 9 nitrogen and oxygen atoms in total. The van der Waals surface area contributed by atoms with E-state index in [1.54, 1.807) is 48.7 Å². The number of esters is 1. The Balaban J connectivity index is 2.96. The summed E-state index contributed by atoms with van der Waals surface area (Å²) in [6.07, 6.45) is 0.574. The Labute approximate surface area is 220 Å². The summed E-state index contributed by atoms with van der Waals surface area (Å²) in [7, 11) is -0.551. The normalized spacial score (nSPS) is 14.0. The van der Waals surface area contributed by atoms with E-state index < -0.39 is 44.5 Å². The Morgan fingerprint density at radius 2 is 1.61 bits per heavy atom. The van der Waals surface area contributed by atoms with Crippen molar-refractivity contribution in [2.45, 2.75) is 89.0 Å². The van der Waals surface area contributed by atoms with Crippen LogP contribution in [0.15, 0.2) is 24.3 Å². The van der Waals surface area contributed by atoms with Gasteiger partial charge in [-0.3, -0.25) is 4.79 Å². The molecule has 0 saturated heterocycles. The molecule has 1 aromatic rings. The van der Waals surface area contributed by atoms with E-state index in [1.807, 2.05) is 24.3 Å². The molecule has 2 N–H and O–H groups in total. The first-order chi connectivity index (χ1) is 16.5. The van der Waals surface area contributed by atoms with Gasteiger partial charge in [0.25, 0.3) is 0 Å². The number of alkyl carbamates (subject to hydrolysis) is 1. The second kappa shape index (κ2) is 14.1. The molecule has 0 aliphatic rings. The number of hydrogen-bond acceptors (Lipinski definition) is 8. The Bertz CT molecular complexity index is 937. The second-order valence-electron chi connectivity index (χ2n) is 10.5. The molecule has 0 radical (unpaired) electrons. The molecule has 36 heavy (non-hydrogen) atoms. The van der Waals surface area contributed by atoms with E-state index in [9.17, 15) is 18.0 Å². The van der Waals surface area contributed by atoms with Gasteiger partial charge in [0, 0.05) is 11.3 Å². The SMILES string of the molecule is COC(=O)[C@@H](SCc1ccc(OC)cc1)[C@H](CCCCS(=O)(=O)NC(C)(C)C)NC(=O)OC(C)(C)C. The van der Waals surface area contributed by atoms with Gasteiger partial charge < -0.3 is 19.5 Å². The van der Waals surface area contributed by atoms with Crippen LogP contribution in [0, 0.1) is 0 Å². The molecule has 0 saturated carbocycles. The van der Waals surface area contributed by atoms with E-state index in [0.717, 1.165) is 11.3 Å². The van der Waals surface area contributed by atoms with Crippen LogP contribution in [0.5, 0.6) is 5.75 Å². The summed E-state index contributed by atoms with van der Waals surface area (Å²) in [5.74, 6) is 0.705. The number of benzene rings is 1. The number of rotatable bonds is 13. The molecule has 1 aromatic carbocycles. The van der Waals surface area contributed by atoms with Crippen LogP contribution < -0.4 is 14.8 Å². The number of ether oxygens (including phenoxy) is 3. The first-order valence-corrected chi connectivity index (χ1v) is 14.6. The number of hydrogen-bond donors (Lipinski definition) is 2. The van der Waals surface area contributed by atoms with E-state index in [2.05, 4.69) is 10.0 Å². The van der Waals surface area contributed by atoms with Crippen LogP contribution in [-0.2, 0) is 30.0 Å². The second-order valence-corrected chi connectivity index (χ2v) is 13.5. The van der Waals surface area contributed by atoms with Crippen LogP contribution >= 0.6 is 11.8 Å².